The minimum Gasteiger partial charge on any atom is -0.466 e. The van der Waals surface area contributed by atoms with Crippen LogP contribution in [0.1, 0.15) is 63.8 Å². The van der Waals surface area contributed by atoms with E-state index in [1.165, 1.54) is 9.80 Å². The van der Waals surface area contributed by atoms with E-state index in [2.05, 4.69) is 0 Å². The molecular formula is C52H42N6O10. The van der Waals surface area contributed by atoms with Crippen LogP contribution in [0.4, 0.5) is 0 Å². The van der Waals surface area contributed by atoms with Gasteiger partial charge >= 0.3 is 23.9 Å². The van der Waals surface area contributed by atoms with Crippen molar-refractivity contribution in [3.63, 3.8) is 0 Å². The lowest BCUT2D eigenvalue weighted by atomic mass is 9.75. The van der Waals surface area contributed by atoms with Crippen LogP contribution in [0.2, 0.25) is 0 Å². The summed E-state index contributed by atoms with van der Waals surface area (Å²) in [5.41, 5.74) is -5.13. The minimum absolute atomic E-state index is 0.159. The lowest BCUT2D eigenvalue weighted by Crippen LogP contribution is -2.55. The smallest absolute Gasteiger partial charge is 0.344 e. The van der Waals surface area contributed by atoms with Gasteiger partial charge in [0.1, 0.15) is 57.6 Å². The van der Waals surface area contributed by atoms with Gasteiger partial charge in [0.2, 0.25) is 0 Å². The Bertz CT molecular complexity index is 3070. The second-order valence-electron chi connectivity index (χ2n) is 17.9. The van der Waals surface area contributed by atoms with Crippen LogP contribution in [0.5, 0.6) is 0 Å². The lowest BCUT2D eigenvalue weighted by molar-refractivity contribution is -0.143. The van der Waals surface area contributed by atoms with E-state index in [-0.39, 0.29) is 33.4 Å². The Kier molecular flexibility index (Phi) is 11.5. The molecule has 4 aromatic rings. The van der Waals surface area contributed by atoms with Gasteiger partial charge in [-0.15, -0.1) is 0 Å². The van der Waals surface area contributed by atoms with Crippen molar-refractivity contribution >= 4 is 68.4 Å². The van der Waals surface area contributed by atoms with Crippen LogP contribution in [0.25, 0.3) is 32.7 Å². The monoisotopic (exact) mass is 910 g/mol. The number of hydrogen-bond acceptors (Lipinski definition) is 14. The molecular weight excluding hydrogens is 869 g/mol. The largest absolute Gasteiger partial charge is 0.466 e. The van der Waals surface area contributed by atoms with Gasteiger partial charge in [0.15, 0.2) is 0 Å². The van der Waals surface area contributed by atoms with E-state index in [0.717, 1.165) is 39.2 Å². The first-order valence-electron chi connectivity index (χ1n) is 20.9. The zero-order valence-corrected chi connectivity index (χ0v) is 38.7. The van der Waals surface area contributed by atoms with Gasteiger partial charge in [-0.2, -0.15) is 21.0 Å². The third-order valence-electron chi connectivity index (χ3n) is 12.4. The Morgan fingerprint density at radius 3 is 1.04 bits per heavy atom. The van der Waals surface area contributed by atoms with E-state index in [1.807, 2.05) is 48.5 Å². The van der Waals surface area contributed by atoms with E-state index in [1.54, 1.807) is 90.1 Å². The maximum Gasteiger partial charge on any atom is 0.344 e. The highest BCUT2D eigenvalue weighted by molar-refractivity contribution is 6.30. The molecule has 2 atom stereocenters. The van der Waals surface area contributed by atoms with Gasteiger partial charge in [-0.05, 0) is 85.3 Å². The number of esters is 4. The standard InChI is InChI=1S/2C26H21N3O5/c2*1-25(2,3)29-22(30)19(23(31)33-4)21(24(32)34-5)26(29)17-11-7-9-14-8-6-10-16(18(14)17)20(26)15(12-27)13-28/h2*6-11H,1-5H3/t2*26-/m00/s1. The third-order valence-corrected chi connectivity index (χ3v) is 12.4. The van der Waals surface area contributed by atoms with Crippen LogP contribution in [-0.4, -0.2) is 85.0 Å². The zero-order chi connectivity index (χ0) is 50.0. The highest BCUT2D eigenvalue weighted by Crippen LogP contribution is 2.64. The van der Waals surface area contributed by atoms with Gasteiger partial charge in [0.05, 0.1) is 39.6 Å². The highest BCUT2D eigenvalue weighted by atomic mass is 16.5. The number of allylic oxidation sites excluding steroid dienone is 2. The molecule has 0 saturated carbocycles. The third kappa shape index (κ3) is 6.15. The van der Waals surface area contributed by atoms with Gasteiger partial charge in [0, 0.05) is 22.2 Å². The maximum absolute atomic E-state index is 13.9. The van der Waals surface area contributed by atoms with Crippen molar-refractivity contribution in [3.8, 4) is 24.3 Å². The molecule has 16 nitrogen and oxygen atoms in total. The molecule has 0 saturated heterocycles. The van der Waals surface area contributed by atoms with Crippen LogP contribution in [0.15, 0.2) is 106 Å². The number of hydrogen-bond donors (Lipinski definition) is 0. The molecule has 0 aromatic heterocycles. The molecule has 2 aliphatic carbocycles. The lowest BCUT2D eigenvalue weighted by Gasteiger charge is -2.46. The first-order chi connectivity index (χ1) is 32.2. The Labute approximate surface area is 390 Å². The Morgan fingerprint density at radius 2 is 0.779 bits per heavy atom. The fourth-order valence-electron chi connectivity index (χ4n) is 10.5. The normalized spacial score (nSPS) is 18.9. The van der Waals surface area contributed by atoms with Crippen molar-refractivity contribution in [2.75, 3.05) is 28.4 Å². The predicted octanol–water partition coefficient (Wildman–Crippen LogP) is 6.27. The number of carbonyl (C=O) groups excluding carboxylic acids is 6. The minimum atomic E-state index is -1.75. The maximum atomic E-state index is 13.9. The molecule has 68 heavy (non-hydrogen) atoms. The summed E-state index contributed by atoms with van der Waals surface area (Å²) < 4.78 is 19.9. The van der Waals surface area contributed by atoms with Crippen molar-refractivity contribution in [1.82, 2.24) is 9.80 Å². The fraction of sp³-hybridized carbons (Fsp3) is 0.269. The average molecular weight is 911 g/mol. The van der Waals surface area contributed by atoms with E-state index in [0.29, 0.717) is 33.0 Å². The van der Waals surface area contributed by atoms with Crippen LogP contribution in [0.3, 0.4) is 0 Å². The summed E-state index contributed by atoms with van der Waals surface area (Å²) in [5, 5.41) is 42.8. The van der Waals surface area contributed by atoms with E-state index in [9.17, 15) is 49.8 Å². The molecule has 2 heterocycles. The number of amides is 2. The van der Waals surface area contributed by atoms with Gasteiger partial charge in [-0.1, -0.05) is 72.8 Å². The Balaban J connectivity index is 0.000000201. The number of fused-ring (bicyclic) bond motifs is 2. The molecule has 0 unspecified atom stereocenters. The summed E-state index contributed by atoms with van der Waals surface area (Å²) in [6.07, 6.45) is 0. The van der Waals surface area contributed by atoms with E-state index < -0.39 is 69.0 Å². The molecule has 16 heteroatoms. The van der Waals surface area contributed by atoms with Crippen LogP contribution in [0, 0.1) is 45.3 Å². The molecule has 340 valence electrons. The quantitative estimate of drug-likeness (QED) is 0.0950. The summed E-state index contributed by atoms with van der Waals surface area (Å²) >= 11 is 0. The topological polar surface area (TPSA) is 241 Å². The van der Waals surface area contributed by atoms with Crippen LogP contribution < -0.4 is 0 Å². The number of rotatable bonds is 4. The number of benzene rings is 4. The molecule has 0 radical (unpaired) electrons. The molecule has 0 N–H and O–H groups in total. The Hall–Kier alpha value is -8.86. The van der Waals surface area contributed by atoms with Crippen molar-refractivity contribution in [3.05, 3.63) is 128 Å². The second kappa shape index (κ2) is 16.5. The number of ether oxygens (including phenoxy) is 4. The molecule has 0 fully saturated rings. The van der Waals surface area contributed by atoms with E-state index >= 15 is 0 Å². The van der Waals surface area contributed by atoms with Crippen molar-refractivity contribution < 1.29 is 47.7 Å². The molecule has 2 aliphatic heterocycles. The van der Waals surface area contributed by atoms with Crippen molar-refractivity contribution in [2.24, 2.45) is 0 Å². The summed E-state index contributed by atoms with van der Waals surface area (Å²) in [7, 11) is 4.51. The summed E-state index contributed by atoms with van der Waals surface area (Å²) in [6, 6.07) is 29.2. The SMILES string of the molecule is COC(=O)C1=C(C(=O)OC)[C@]2(C(=C(C#N)C#N)c3cccc4cccc2c34)N(C(C)(C)C)C1=O.COC(=O)C1=C(C(=O)OC)[C@]2(C(=C(C#N)C#N)c3cccc4cccc2c34)N(C(C)(C)C)C1=O. The predicted molar refractivity (Wildman–Crippen MR) is 243 cm³/mol. The molecule has 2 amide bonds. The summed E-state index contributed by atoms with van der Waals surface area (Å²) in [6.45, 7) is 10.5. The van der Waals surface area contributed by atoms with Crippen molar-refractivity contribution in [1.29, 1.82) is 21.0 Å². The first kappa shape index (κ1) is 47.1. The van der Waals surface area contributed by atoms with Crippen LogP contribution in [-0.2, 0) is 58.8 Å². The second-order valence-corrected chi connectivity index (χ2v) is 17.9. The van der Waals surface area contributed by atoms with Crippen molar-refractivity contribution in [2.45, 2.75) is 63.7 Å². The average Bonchev–Trinajstić information content (AvgIpc) is 3.97. The summed E-state index contributed by atoms with van der Waals surface area (Å²) in [4.78, 5) is 83.2. The number of nitrogens with zero attached hydrogens (tertiary/aromatic N) is 6. The molecule has 2 spiro atoms. The van der Waals surface area contributed by atoms with Gasteiger partial charge in [-0.3, -0.25) is 9.59 Å². The first-order valence-corrected chi connectivity index (χ1v) is 20.9. The summed E-state index contributed by atoms with van der Waals surface area (Å²) in [5.74, 6) is -5.38. The number of nitriles is 4. The molecule has 8 rings (SSSR count). The zero-order valence-electron chi connectivity index (χ0n) is 38.7. The van der Waals surface area contributed by atoms with Gasteiger partial charge in [0.25, 0.3) is 11.8 Å². The number of carbonyl (C=O) groups is 6. The Morgan fingerprint density at radius 1 is 0.485 bits per heavy atom. The van der Waals surface area contributed by atoms with Gasteiger partial charge in [-0.25, -0.2) is 19.2 Å². The number of methoxy groups -OCH3 is 4. The molecule has 0 bridgehead atoms. The van der Waals surface area contributed by atoms with E-state index in [4.69, 9.17) is 18.9 Å². The fourth-order valence-corrected chi connectivity index (χ4v) is 10.5. The molecule has 4 aromatic carbocycles. The molecule has 4 aliphatic rings. The highest BCUT2D eigenvalue weighted by Gasteiger charge is 2.67. The van der Waals surface area contributed by atoms with Gasteiger partial charge < -0.3 is 28.7 Å². The van der Waals surface area contributed by atoms with Crippen LogP contribution >= 0.6 is 0 Å².